The minimum atomic E-state index is -4.38. The Kier molecular flexibility index (Phi) is 6.89. The minimum absolute atomic E-state index is 0.128. The Morgan fingerprint density at radius 1 is 1.17 bits per heavy atom. The van der Waals surface area contributed by atoms with Crippen LogP contribution in [0.2, 0.25) is 0 Å². The third kappa shape index (κ3) is 6.18. The van der Waals surface area contributed by atoms with Crippen LogP contribution in [0.4, 0.5) is 13.2 Å². The molecule has 1 amide bonds. The van der Waals surface area contributed by atoms with E-state index in [0.717, 1.165) is 28.4 Å². The van der Waals surface area contributed by atoms with Gasteiger partial charge in [-0.2, -0.15) is 13.2 Å². The van der Waals surface area contributed by atoms with Gasteiger partial charge >= 0.3 is 6.18 Å². The number of aromatic nitrogens is 1. The highest BCUT2D eigenvalue weighted by Crippen LogP contribution is 2.29. The topological polar surface area (TPSA) is 51.2 Å². The average Bonchev–Trinajstić information content (AvgIpc) is 3.14. The predicted octanol–water partition coefficient (Wildman–Crippen LogP) is 5.38. The molecule has 1 aromatic heterocycles. The number of rotatable bonds is 7. The van der Waals surface area contributed by atoms with E-state index in [1.54, 1.807) is 23.5 Å². The fourth-order valence-electron chi connectivity index (χ4n) is 2.60. The number of thiazole rings is 1. The van der Waals surface area contributed by atoms with Crippen molar-refractivity contribution < 1.29 is 22.7 Å². The number of hydrogen-bond acceptors (Lipinski definition) is 4. The lowest BCUT2D eigenvalue weighted by atomic mass is 10.1. The van der Waals surface area contributed by atoms with Gasteiger partial charge in [-0.1, -0.05) is 30.3 Å². The van der Waals surface area contributed by atoms with E-state index < -0.39 is 11.7 Å². The van der Waals surface area contributed by atoms with Gasteiger partial charge in [0.2, 0.25) is 5.91 Å². The maximum Gasteiger partial charge on any atom is 0.416 e. The van der Waals surface area contributed by atoms with Crippen LogP contribution in [0.3, 0.4) is 0 Å². The SMILES string of the molecule is Cc1nc(COc2ccccc2/C=C/C(=O)NCc2ccc(C(F)(F)F)cc2)cs1. The smallest absolute Gasteiger partial charge is 0.416 e. The van der Waals surface area contributed by atoms with E-state index in [9.17, 15) is 18.0 Å². The first-order chi connectivity index (χ1) is 14.3. The minimum Gasteiger partial charge on any atom is -0.487 e. The number of halogens is 3. The monoisotopic (exact) mass is 432 g/mol. The fourth-order valence-corrected chi connectivity index (χ4v) is 3.20. The maximum absolute atomic E-state index is 12.6. The van der Waals surface area contributed by atoms with Gasteiger partial charge in [0, 0.05) is 23.6 Å². The van der Waals surface area contributed by atoms with Gasteiger partial charge in [-0.3, -0.25) is 4.79 Å². The van der Waals surface area contributed by atoms with Crippen LogP contribution in [0.1, 0.15) is 27.4 Å². The first-order valence-electron chi connectivity index (χ1n) is 9.06. The lowest BCUT2D eigenvalue weighted by Gasteiger charge is -2.08. The second kappa shape index (κ2) is 9.58. The summed E-state index contributed by atoms with van der Waals surface area (Å²) >= 11 is 1.55. The Labute approximate surface area is 176 Å². The number of nitrogens with zero attached hydrogens (tertiary/aromatic N) is 1. The summed E-state index contributed by atoms with van der Waals surface area (Å²) < 4.78 is 43.6. The average molecular weight is 432 g/mol. The fraction of sp³-hybridized carbons (Fsp3) is 0.182. The molecule has 1 heterocycles. The zero-order valence-corrected chi connectivity index (χ0v) is 16.9. The number of nitrogens with one attached hydrogen (secondary N) is 1. The standard InChI is InChI=1S/C22H19F3N2O2S/c1-15-27-19(14-30-15)13-29-20-5-3-2-4-17(20)8-11-21(28)26-12-16-6-9-18(10-7-16)22(23,24)25/h2-11,14H,12-13H2,1H3,(H,26,28)/b11-8+. The van der Waals surface area contributed by atoms with Gasteiger partial charge in [0.15, 0.2) is 0 Å². The van der Waals surface area contributed by atoms with E-state index in [1.807, 2.05) is 30.5 Å². The normalized spacial score (nSPS) is 11.6. The van der Waals surface area contributed by atoms with E-state index in [4.69, 9.17) is 4.74 Å². The molecule has 8 heteroatoms. The van der Waals surface area contributed by atoms with E-state index in [1.165, 1.54) is 18.2 Å². The molecule has 30 heavy (non-hydrogen) atoms. The maximum atomic E-state index is 12.6. The second-order valence-corrected chi connectivity index (χ2v) is 7.49. The molecular formula is C22H19F3N2O2S. The summed E-state index contributed by atoms with van der Waals surface area (Å²) in [5.74, 6) is 0.259. The molecule has 1 N–H and O–H groups in total. The highest BCUT2D eigenvalue weighted by molar-refractivity contribution is 7.09. The molecule has 2 aromatic carbocycles. The van der Waals surface area contributed by atoms with E-state index >= 15 is 0 Å². The van der Waals surface area contributed by atoms with Gasteiger partial charge in [0.05, 0.1) is 16.3 Å². The quantitative estimate of drug-likeness (QED) is 0.510. The van der Waals surface area contributed by atoms with Gasteiger partial charge in [-0.15, -0.1) is 11.3 Å². The highest BCUT2D eigenvalue weighted by Gasteiger charge is 2.29. The number of carbonyl (C=O) groups excluding carboxylic acids is 1. The molecule has 0 radical (unpaired) electrons. The molecule has 156 valence electrons. The van der Waals surface area contributed by atoms with Crippen LogP contribution in [0.5, 0.6) is 5.75 Å². The van der Waals surface area contributed by atoms with Crippen LogP contribution in [0.25, 0.3) is 6.08 Å². The highest BCUT2D eigenvalue weighted by atomic mass is 32.1. The summed E-state index contributed by atoms with van der Waals surface area (Å²) in [6.45, 7) is 2.38. The van der Waals surface area contributed by atoms with Crippen LogP contribution in [-0.2, 0) is 24.1 Å². The van der Waals surface area contributed by atoms with E-state index in [2.05, 4.69) is 10.3 Å². The van der Waals surface area contributed by atoms with Crippen molar-refractivity contribution in [2.24, 2.45) is 0 Å². The van der Waals surface area contributed by atoms with Crippen molar-refractivity contribution in [3.8, 4) is 5.75 Å². The van der Waals surface area contributed by atoms with Crippen molar-refractivity contribution in [3.63, 3.8) is 0 Å². The number of amides is 1. The Bertz CT molecular complexity index is 1030. The number of ether oxygens (including phenoxy) is 1. The number of para-hydroxylation sites is 1. The molecule has 0 spiro atoms. The van der Waals surface area contributed by atoms with Gasteiger partial charge in [0.1, 0.15) is 12.4 Å². The first-order valence-corrected chi connectivity index (χ1v) is 9.94. The van der Waals surface area contributed by atoms with Crippen molar-refractivity contribution in [1.82, 2.24) is 10.3 Å². The van der Waals surface area contributed by atoms with Gasteiger partial charge < -0.3 is 10.1 Å². The number of hydrogen-bond donors (Lipinski definition) is 1. The van der Waals surface area contributed by atoms with Crippen molar-refractivity contribution >= 4 is 23.3 Å². The predicted molar refractivity (Wildman–Crippen MR) is 110 cm³/mol. The molecule has 0 bridgehead atoms. The number of alkyl halides is 3. The molecule has 0 atom stereocenters. The first kappa shape index (κ1) is 21.6. The largest absolute Gasteiger partial charge is 0.487 e. The van der Waals surface area contributed by atoms with Crippen molar-refractivity contribution in [2.45, 2.75) is 26.3 Å². The second-order valence-electron chi connectivity index (χ2n) is 6.43. The van der Waals surface area contributed by atoms with Gasteiger partial charge in [-0.25, -0.2) is 4.98 Å². The van der Waals surface area contributed by atoms with Crippen LogP contribution in [-0.4, -0.2) is 10.9 Å². The van der Waals surface area contributed by atoms with Crippen molar-refractivity contribution in [1.29, 1.82) is 0 Å². The number of carbonyl (C=O) groups is 1. The van der Waals surface area contributed by atoms with Crippen LogP contribution < -0.4 is 10.1 Å². The molecule has 0 aliphatic heterocycles. The van der Waals surface area contributed by atoms with E-state index in [0.29, 0.717) is 17.9 Å². The molecule has 3 rings (SSSR count). The summed E-state index contributed by atoms with van der Waals surface area (Å²) in [7, 11) is 0. The third-order valence-electron chi connectivity index (χ3n) is 4.12. The van der Waals surface area contributed by atoms with Gasteiger partial charge in [0.25, 0.3) is 0 Å². The molecule has 4 nitrogen and oxygen atoms in total. The molecular weight excluding hydrogens is 413 g/mol. The zero-order chi connectivity index (χ0) is 21.6. The molecule has 0 saturated heterocycles. The lowest BCUT2D eigenvalue weighted by Crippen LogP contribution is -2.20. The van der Waals surface area contributed by atoms with E-state index in [-0.39, 0.29) is 12.5 Å². The van der Waals surface area contributed by atoms with Gasteiger partial charge in [-0.05, 0) is 36.8 Å². The molecule has 3 aromatic rings. The molecule has 0 aliphatic carbocycles. The van der Waals surface area contributed by atoms with Crippen molar-refractivity contribution in [2.75, 3.05) is 0 Å². The Hall–Kier alpha value is -3.13. The van der Waals surface area contributed by atoms with Crippen LogP contribution in [0, 0.1) is 6.92 Å². The molecule has 0 unspecified atom stereocenters. The summed E-state index contributed by atoms with van der Waals surface area (Å²) in [6, 6.07) is 12.0. The molecule has 0 fully saturated rings. The Morgan fingerprint density at radius 3 is 2.57 bits per heavy atom. The molecule has 0 aliphatic rings. The van der Waals surface area contributed by atoms with Crippen molar-refractivity contribution in [3.05, 3.63) is 87.4 Å². The molecule has 0 saturated carbocycles. The number of aryl methyl sites for hydroxylation is 1. The summed E-state index contributed by atoms with van der Waals surface area (Å²) in [5, 5.41) is 5.55. The third-order valence-corrected chi connectivity index (χ3v) is 4.95. The zero-order valence-electron chi connectivity index (χ0n) is 16.1. The Balaban J connectivity index is 1.55. The summed E-state index contributed by atoms with van der Waals surface area (Å²) in [4.78, 5) is 16.4. The Morgan fingerprint density at radius 2 is 1.90 bits per heavy atom. The van der Waals surface area contributed by atoms with Crippen LogP contribution in [0.15, 0.2) is 60.0 Å². The summed E-state index contributed by atoms with van der Waals surface area (Å²) in [6.07, 6.45) is -1.39. The summed E-state index contributed by atoms with van der Waals surface area (Å²) in [5.41, 5.74) is 1.42. The lowest BCUT2D eigenvalue weighted by molar-refractivity contribution is -0.137. The van der Waals surface area contributed by atoms with Crippen LogP contribution >= 0.6 is 11.3 Å². The number of benzene rings is 2.